The fraction of sp³-hybridized carbons (Fsp3) is 0.167. The minimum absolute atomic E-state index is 0.0352. The molecule has 0 atom stereocenters. The van der Waals surface area contributed by atoms with Gasteiger partial charge in [-0.25, -0.2) is 9.97 Å². The number of nitrogens with zero attached hydrogens (tertiary/aromatic N) is 2. The summed E-state index contributed by atoms with van der Waals surface area (Å²) in [5.41, 5.74) is 13.2. The molecule has 0 bridgehead atoms. The van der Waals surface area contributed by atoms with Crippen molar-refractivity contribution in [2.45, 2.75) is 23.6 Å². The van der Waals surface area contributed by atoms with Gasteiger partial charge in [0.25, 0.3) is 0 Å². The van der Waals surface area contributed by atoms with E-state index in [4.69, 9.17) is 16.6 Å². The van der Waals surface area contributed by atoms with Crippen molar-refractivity contribution in [3.63, 3.8) is 0 Å². The van der Waals surface area contributed by atoms with E-state index in [-0.39, 0.29) is 6.61 Å². The van der Waals surface area contributed by atoms with E-state index in [2.05, 4.69) is 9.97 Å². The van der Waals surface area contributed by atoms with Gasteiger partial charge in [0.05, 0.1) is 6.61 Å². The predicted octanol–water partition coefficient (Wildman–Crippen LogP) is 1.59. The molecule has 0 aliphatic heterocycles. The maximum Gasteiger partial charge on any atom is 0.196 e. The Hall–Kier alpha value is -1.79. The molecule has 94 valence electrons. The Bertz CT molecular complexity index is 554. The molecule has 0 amide bonds. The number of hydrogen-bond acceptors (Lipinski definition) is 6. The van der Waals surface area contributed by atoms with Crippen LogP contribution in [0.25, 0.3) is 0 Å². The van der Waals surface area contributed by atoms with Crippen molar-refractivity contribution in [2.24, 2.45) is 0 Å². The minimum atomic E-state index is 0.0352. The molecule has 5 N–H and O–H groups in total. The van der Waals surface area contributed by atoms with E-state index in [1.54, 1.807) is 0 Å². The van der Waals surface area contributed by atoms with Crippen LogP contribution in [0.1, 0.15) is 11.1 Å². The third-order valence-corrected chi connectivity index (χ3v) is 3.41. The fourth-order valence-corrected chi connectivity index (χ4v) is 2.39. The quantitative estimate of drug-likeness (QED) is 0.727. The van der Waals surface area contributed by atoms with Gasteiger partial charge in [-0.05, 0) is 35.9 Å². The van der Waals surface area contributed by atoms with Gasteiger partial charge in [-0.15, -0.1) is 0 Å². The highest BCUT2D eigenvalue weighted by Crippen LogP contribution is 2.29. The van der Waals surface area contributed by atoms with E-state index in [0.717, 1.165) is 16.0 Å². The molecule has 2 aromatic rings. The lowest BCUT2D eigenvalue weighted by molar-refractivity contribution is 0.281. The lowest BCUT2D eigenvalue weighted by Gasteiger charge is -2.07. The van der Waals surface area contributed by atoms with E-state index in [1.165, 1.54) is 17.8 Å². The molecule has 6 heteroatoms. The Morgan fingerprint density at radius 2 is 1.83 bits per heavy atom. The average Bonchev–Trinajstić information content (AvgIpc) is 2.30. The second kappa shape index (κ2) is 5.24. The van der Waals surface area contributed by atoms with Crippen molar-refractivity contribution in [3.8, 4) is 0 Å². The number of rotatable bonds is 3. The molecule has 0 saturated carbocycles. The smallest absolute Gasteiger partial charge is 0.196 e. The van der Waals surface area contributed by atoms with E-state index in [1.807, 2.05) is 25.1 Å². The molecular weight excluding hydrogens is 248 g/mol. The number of hydrogen-bond donors (Lipinski definition) is 3. The Labute approximate surface area is 109 Å². The Morgan fingerprint density at radius 1 is 1.17 bits per heavy atom. The van der Waals surface area contributed by atoms with Gasteiger partial charge >= 0.3 is 0 Å². The first-order valence-electron chi connectivity index (χ1n) is 5.37. The van der Waals surface area contributed by atoms with Crippen LogP contribution in [0, 0.1) is 6.92 Å². The van der Waals surface area contributed by atoms with Crippen molar-refractivity contribution in [1.29, 1.82) is 0 Å². The fourth-order valence-electron chi connectivity index (χ4n) is 1.53. The molecule has 0 radical (unpaired) electrons. The summed E-state index contributed by atoms with van der Waals surface area (Å²) in [5.74, 6) is 0.712. The van der Waals surface area contributed by atoms with Crippen LogP contribution in [0.3, 0.4) is 0 Å². The summed E-state index contributed by atoms with van der Waals surface area (Å²) in [6.07, 6.45) is 0. The molecule has 2 rings (SSSR count). The van der Waals surface area contributed by atoms with Crippen molar-refractivity contribution < 1.29 is 5.11 Å². The Morgan fingerprint density at radius 3 is 2.39 bits per heavy atom. The zero-order valence-corrected chi connectivity index (χ0v) is 10.7. The summed E-state index contributed by atoms with van der Waals surface area (Å²) in [4.78, 5) is 9.24. The highest BCUT2D eigenvalue weighted by molar-refractivity contribution is 7.99. The summed E-state index contributed by atoms with van der Waals surface area (Å²) in [5, 5.41) is 9.57. The van der Waals surface area contributed by atoms with Crippen molar-refractivity contribution in [1.82, 2.24) is 9.97 Å². The molecule has 0 spiro atoms. The van der Waals surface area contributed by atoms with E-state index in [0.29, 0.717) is 16.8 Å². The number of aliphatic hydroxyl groups excluding tert-OH is 1. The van der Waals surface area contributed by atoms with Crippen LogP contribution in [0.5, 0.6) is 0 Å². The van der Waals surface area contributed by atoms with Crippen LogP contribution in [0.15, 0.2) is 34.3 Å². The SMILES string of the molecule is Cc1cc(CO)ccc1Sc1nc(N)cc(N)n1. The molecule has 0 aliphatic rings. The summed E-state index contributed by atoms with van der Waals surface area (Å²) in [7, 11) is 0. The lowest BCUT2D eigenvalue weighted by Crippen LogP contribution is -1.99. The van der Waals surface area contributed by atoms with Crippen LogP contribution in [0.2, 0.25) is 0 Å². The number of benzene rings is 1. The summed E-state index contributed by atoms with van der Waals surface area (Å²) in [6, 6.07) is 7.24. The maximum absolute atomic E-state index is 9.05. The standard InChI is InChI=1S/C12H14N4OS/c1-7-4-8(6-17)2-3-9(7)18-12-15-10(13)5-11(14)16-12/h2-5,17H,6H2,1H3,(H4,13,14,15,16). The summed E-state index contributed by atoms with van der Waals surface area (Å²) in [6.45, 7) is 2.00. The molecule has 0 saturated heterocycles. The first-order valence-corrected chi connectivity index (χ1v) is 6.18. The van der Waals surface area contributed by atoms with Crippen molar-refractivity contribution in [2.75, 3.05) is 11.5 Å². The van der Waals surface area contributed by atoms with Gasteiger partial charge < -0.3 is 16.6 Å². The van der Waals surface area contributed by atoms with Crippen LogP contribution >= 0.6 is 11.8 Å². The molecule has 1 aromatic carbocycles. The van der Waals surface area contributed by atoms with Crippen molar-refractivity contribution >= 4 is 23.4 Å². The van der Waals surface area contributed by atoms with E-state index in [9.17, 15) is 0 Å². The molecule has 0 fully saturated rings. The number of aliphatic hydroxyl groups is 1. The number of aromatic nitrogens is 2. The number of anilines is 2. The maximum atomic E-state index is 9.05. The van der Waals surface area contributed by atoms with E-state index >= 15 is 0 Å². The molecule has 0 unspecified atom stereocenters. The summed E-state index contributed by atoms with van der Waals surface area (Å²) < 4.78 is 0. The second-order valence-corrected chi connectivity index (χ2v) is 4.87. The van der Waals surface area contributed by atoms with Crippen LogP contribution in [-0.4, -0.2) is 15.1 Å². The highest BCUT2D eigenvalue weighted by atomic mass is 32.2. The van der Waals surface area contributed by atoms with Gasteiger partial charge in [-0.3, -0.25) is 0 Å². The Kier molecular flexibility index (Phi) is 3.69. The van der Waals surface area contributed by atoms with Gasteiger partial charge in [-0.2, -0.15) is 0 Å². The van der Waals surface area contributed by atoms with Gasteiger partial charge in [0.15, 0.2) is 5.16 Å². The second-order valence-electron chi connectivity index (χ2n) is 3.86. The predicted molar refractivity (Wildman–Crippen MR) is 72.1 cm³/mol. The number of nitrogen functional groups attached to an aromatic ring is 2. The zero-order chi connectivity index (χ0) is 13.1. The highest BCUT2D eigenvalue weighted by Gasteiger charge is 2.06. The van der Waals surface area contributed by atoms with Gasteiger partial charge in [0, 0.05) is 11.0 Å². The number of aryl methyl sites for hydroxylation is 1. The Balaban J connectivity index is 2.28. The van der Waals surface area contributed by atoms with Gasteiger partial charge in [-0.1, -0.05) is 12.1 Å². The zero-order valence-electron chi connectivity index (χ0n) is 9.92. The summed E-state index contributed by atoms with van der Waals surface area (Å²) >= 11 is 1.40. The van der Waals surface area contributed by atoms with Crippen LogP contribution < -0.4 is 11.5 Å². The molecule has 5 nitrogen and oxygen atoms in total. The molecular formula is C12H14N4OS. The van der Waals surface area contributed by atoms with Crippen LogP contribution in [0.4, 0.5) is 11.6 Å². The normalized spacial score (nSPS) is 10.6. The van der Waals surface area contributed by atoms with Gasteiger partial charge in [0.1, 0.15) is 11.6 Å². The third-order valence-electron chi connectivity index (χ3n) is 2.37. The van der Waals surface area contributed by atoms with E-state index < -0.39 is 0 Å². The van der Waals surface area contributed by atoms with Crippen molar-refractivity contribution in [3.05, 3.63) is 35.4 Å². The lowest BCUT2D eigenvalue weighted by atomic mass is 10.1. The molecule has 1 aromatic heterocycles. The minimum Gasteiger partial charge on any atom is -0.392 e. The number of nitrogens with two attached hydrogens (primary N) is 2. The largest absolute Gasteiger partial charge is 0.392 e. The monoisotopic (exact) mass is 262 g/mol. The van der Waals surface area contributed by atoms with Crippen LogP contribution in [-0.2, 0) is 6.61 Å². The average molecular weight is 262 g/mol. The topological polar surface area (TPSA) is 98.0 Å². The first-order chi connectivity index (χ1) is 8.58. The molecule has 18 heavy (non-hydrogen) atoms. The third kappa shape index (κ3) is 2.91. The molecule has 1 heterocycles. The first kappa shape index (κ1) is 12.7. The molecule has 0 aliphatic carbocycles. The van der Waals surface area contributed by atoms with Gasteiger partial charge in [0.2, 0.25) is 0 Å².